The van der Waals surface area contributed by atoms with E-state index < -0.39 is 5.91 Å². The average molecular weight is 314 g/mol. The summed E-state index contributed by atoms with van der Waals surface area (Å²) in [6, 6.07) is 13.9. The normalized spacial score (nSPS) is 10.8. The van der Waals surface area contributed by atoms with Crippen molar-refractivity contribution in [3.05, 3.63) is 70.3 Å². The fraction of sp³-hybridized carbons (Fsp3) is 0.0625. The number of primary amides is 1. The Kier molecular flexibility index (Phi) is 3.65. The molecule has 3 aromatic rings. The SMILES string of the molecule is NC(=O)c1ccc(-n2c(CCl)nc(=O)c3ccccc32)cc1. The van der Waals surface area contributed by atoms with E-state index in [1.54, 1.807) is 41.0 Å². The van der Waals surface area contributed by atoms with Gasteiger partial charge < -0.3 is 5.73 Å². The maximum atomic E-state index is 12.0. The lowest BCUT2D eigenvalue weighted by molar-refractivity contribution is 0.100. The molecule has 0 aliphatic rings. The second kappa shape index (κ2) is 5.61. The second-order valence-electron chi connectivity index (χ2n) is 4.73. The summed E-state index contributed by atoms with van der Waals surface area (Å²) in [6.45, 7) is 0. The number of carbonyl (C=O) groups excluding carboxylic acids is 1. The summed E-state index contributed by atoms with van der Waals surface area (Å²) in [4.78, 5) is 27.2. The van der Waals surface area contributed by atoms with Gasteiger partial charge in [0.25, 0.3) is 5.56 Å². The Hall–Kier alpha value is -2.66. The molecule has 0 spiro atoms. The quantitative estimate of drug-likeness (QED) is 0.753. The smallest absolute Gasteiger partial charge is 0.280 e. The van der Waals surface area contributed by atoms with Crippen LogP contribution in [0.25, 0.3) is 16.6 Å². The molecule has 0 saturated heterocycles. The minimum Gasteiger partial charge on any atom is -0.366 e. The third-order valence-corrected chi connectivity index (χ3v) is 3.63. The van der Waals surface area contributed by atoms with Crippen LogP contribution in [0.5, 0.6) is 0 Å². The lowest BCUT2D eigenvalue weighted by atomic mass is 10.1. The Labute approximate surface area is 131 Å². The molecular weight excluding hydrogens is 302 g/mol. The minimum absolute atomic E-state index is 0.0949. The van der Waals surface area contributed by atoms with Crippen molar-refractivity contribution in [3.8, 4) is 5.69 Å². The molecule has 0 bridgehead atoms. The first-order chi connectivity index (χ1) is 10.6. The number of nitrogens with zero attached hydrogens (tertiary/aromatic N) is 2. The number of fused-ring (bicyclic) bond motifs is 1. The van der Waals surface area contributed by atoms with Gasteiger partial charge in [-0.15, -0.1) is 11.6 Å². The Morgan fingerprint density at radius 2 is 1.82 bits per heavy atom. The van der Waals surface area contributed by atoms with E-state index in [0.29, 0.717) is 22.3 Å². The maximum absolute atomic E-state index is 12.0. The predicted octanol–water partition coefficient (Wildman–Crippen LogP) is 2.22. The zero-order valence-electron chi connectivity index (χ0n) is 11.5. The standard InChI is InChI=1S/C16H12ClN3O2/c17-9-14-19-16(22)12-3-1-2-4-13(12)20(14)11-7-5-10(6-8-11)15(18)21/h1-8H,9H2,(H2,18,21). The van der Waals surface area contributed by atoms with Gasteiger partial charge in [0.05, 0.1) is 16.8 Å². The fourth-order valence-electron chi connectivity index (χ4n) is 2.37. The van der Waals surface area contributed by atoms with E-state index in [4.69, 9.17) is 17.3 Å². The molecule has 1 heterocycles. The van der Waals surface area contributed by atoms with Gasteiger partial charge in [-0.25, -0.2) is 0 Å². The van der Waals surface area contributed by atoms with Gasteiger partial charge in [0.15, 0.2) is 0 Å². The lowest BCUT2D eigenvalue weighted by Crippen LogP contribution is -2.17. The number of benzene rings is 2. The first-order valence-corrected chi connectivity index (χ1v) is 7.12. The summed E-state index contributed by atoms with van der Waals surface area (Å²) in [5.41, 5.74) is 6.82. The fourth-order valence-corrected chi connectivity index (χ4v) is 2.55. The third kappa shape index (κ3) is 2.35. The summed E-state index contributed by atoms with van der Waals surface area (Å²) in [6.07, 6.45) is 0. The number of nitrogens with two attached hydrogens (primary N) is 1. The van der Waals surface area contributed by atoms with Gasteiger partial charge in [0.1, 0.15) is 5.82 Å². The number of para-hydroxylation sites is 1. The molecule has 5 nitrogen and oxygen atoms in total. The number of alkyl halides is 1. The van der Waals surface area contributed by atoms with Crippen LogP contribution in [0.1, 0.15) is 16.2 Å². The number of halogens is 1. The topological polar surface area (TPSA) is 78.0 Å². The molecular formula is C16H12ClN3O2. The summed E-state index contributed by atoms with van der Waals surface area (Å²) < 4.78 is 1.80. The first kappa shape index (κ1) is 14.3. The molecule has 2 N–H and O–H groups in total. The molecule has 0 aliphatic carbocycles. The Morgan fingerprint density at radius 3 is 2.45 bits per heavy atom. The van der Waals surface area contributed by atoms with Crippen LogP contribution in [0.2, 0.25) is 0 Å². The van der Waals surface area contributed by atoms with E-state index in [2.05, 4.69) is 4.98 Å². The van der Waals surface area contributed by atoms with E-state index in [1.807, 2.05) is 12.1 Å². The molecule has 0 unspecified atom stereocenters. The van der Waals surface area contributed by atoms with Crippen molar-refractivity contribution in [1.29, 1.82) is 0 Å². The molecule has 0 saturated carbocycles. The number of hydrogen-bond acceptors (Lipinski definition) is 3. The van der Waals surface area contributed by atoms with Crippen LogP contribution in [0.3, 0.4) is 0 Å². The number of hydrogen-bond donors (Lipinski definition) is 1. The number of carbonyl (C=O) groups is 1. The van der Waals surface area contributed by atoms with E-state index in [-0.39, 0.29) is 11.4 Å². The van der Waals surface area contributed by atoms with Gasteiger partial charge in [0, 0.05) is 11.3 Å². The Balaban J connectivity index is 2.31. The van der Waals surface area contributed by atoms with Crippen molar-refractivity contribution in [2.45, 2.75) is 5.88 Å². The third-order valence-electron chi connectivity index (χ3n) is 3.39. The summed E-state index contributed by atoms with van der Waals surface area (Å²) in [5.74, 6) is 0.0432. The molecule has 2 aromatic carbocycles. The van der Waals surface area contributed by atoms with E-state index in [1.165, 1.54) is 0 Å². The van der Waals surface area contributed by atoms with Crippen molar-refractivity contribution in [2.75, 3.05) is 0 Å². The van der Waals surface area contributed by atoms with Gasteiger partial charge >= 0.3 is 0 Å². The Bertz CT molecular complexity index is 917. The second-order valence-corrected chi connectivity index (χ2v) is 5.00. The lowest BCUT2D eigenvalue weighted by Gasteiger charge is -2.14. The highest BCUT2D eigenvalue weighted by Crippen LogP contribution is 2.19. The molecule has 0 aliphatic heterocycles. The molecule has 1 amide bonds. The summed E-state index contributed by atoms with van der Waals surface area (Å²) >= 11 is 5.94. The molecule has 0 fully saturated rings. The number of amides is 1. The number of aromatic nitrogens is 2. The van der Waals surface area contributed by atoms with E-state index in [9.17, 15) is 9.59 Å². The number of rotatable bonds is 3. The maximum Gasteiger partial charge on any atom is 0.280 e. The average Bonchev–Trinajstić information content (AvgIpc) is 2.55. The molecule has 1 aromatic heterocycles. The van der Waals surface area contributed by atoms with Crippen LogP contribution in [-0.2, 0) is 5.88 Å². The van der Waals surface area contributed by atoms with Gasteiger partial charge in [-0.3, -0.25) is 14.2 Å². The van der Waals surface area contributed by atoms with Crippen LogP contribution in [0.15, 0.2) is 53.3 Å². The van der Waals surface area contributed by atoms with Gasteiger partial charge in [-0.2, -0.15) is 4.98 Å². The van der Waals surface area contributed by atoms with Crippen molar-refractivity contribution in [3.63, 3.8) is 0 Å². The highest BCUT2D eigenvalue weighted by atomic mass is 35.5. The van der Waals surface area contributed by atoms with Crippen molar-refractivity contribution < 1.29 is 4.79 Å². The van der Waals surface area contributed by atoms with Crippen LogP contribution < -0.4 is 11.3 Å². The molecule has 110 valence electrons. The minimum atomic E-state index is -0.494. The Morgan fingerprint density at radius 1 is 1.14 bits per heavy atom. The zero-order chi connectivity index (χ0) is 15.7. The van der Waals surface area contributed by atoms with Gasteiger partial charge in [-0.1, -0.05) is 12.1 Å². The monoisotopic (exact) mass is 313 g/mol. The molecule has 6 heteroatoms. The van der Waals surface area contributed by atoms with Gasteiger partial charge in [0.2, 0.25) is 5.91 Å². The van der Waals surface area contributed by atoms with Crippen molar-refractivity contribution >= 4 is 28.4 Å². The largest absolute Gasteiger partial charge is 0.366 e. The molecule has 0 radical (unpaired) electrons. The van der Waals surface area contributed by atoms with Crippen LogP contribution in [-0.4, -0.2) is 15.5 Å². The highest BCUT2D eigenvalue weighted by Gasteiger charge is 2.11. The van der Waals surface area contributed by atoms with E-state index >= 15 is 0 Å². The zero-order valence-corrected chi connectivity index (χ0v) is 12.2. The van der Waals surface area contributed by atoms with E-state index in [0.717, 1.165) is 5.69 Å². The first-order valence-electron chi connectivity index (χ1n) is 6.58. The summed E-state index contributed by atoms with van der Waals surface area (Å²) in [5, 5.41) is 0.510. The van der Waals surface area contributed by atoms with Crippen molar-refractivity contribution in [2.24, 2.45) is 5.73 Å². The van der Waals surface area contributed by atoms with Crippen LogP contribution in [0, 0.1) is 0 Å². The van der Waals surface area contributed by atoms with Crippen LogP contribution >= 0.6 is 11.6 Å². The molecule has 22 heavy (non-hydrogen) atoms. The predicted molar refractivity (Wildman–Crippen MR) is 85.4 cm³/mol. The molecule has 3 rings (SSSR count). The highest BCUT2D eigenvalue weighted by molar-refractivity contribution is 6.16. The van der Waals surface area contributed by atoms with Crippen molar-refractivity contribution in [1.82, 2.24) is 9.55 Å². The van der Waals surface area contributed by atoms with Crippen LogP contribution in [0.4, 0.5) is 0 Å². The molecule has 0 atom stereocenters. The van der Waals surface area contributed by atoms with Gasteiger partial charge in [-0.05, 0) is 36.4 Å². The summed E-state index contributed by atoms with van der Waals surface area (Å²) in [7, 11) is 0.